The topological polar surface area (TPSA) is 46.3 Å². The minimum absolute atomic E-state index is 0.0679. The Hall–Kier alpha value is -2.95. The molecular weight excluding hydrogens is 343 g/mol. The minimum atomic E-state index is -0.428. The number of aryl methyl sites for hydroxylation is 2. The lowest BCUT2D eigenvalue weighted by Crippen LogP contribution is -2.36. The van der Waals surface area contributed by atoms with E-state index in [4.69, 9.17) is 4.52 Å². The monoisotopic (exact) mass is 366 g/mol. The molecule has 0 aliphatic rings. The lowest BCUT2D eigenvalue weighted by Gasteiger charge is -2.25. The van der Waals surface area contributed by atoms with Gasteiger partial charge >= 0.3 is 0 Å². The Morgan fingerprint density at radius 1 is 1.15 bits per heavy atom. The van der Waals surface area contributed by atoms with Crippen LogP contribution in [0.25, 0.3) is 11.3 Å². The highest BCUT2D eigenvalue weighted by molar-refractivity contribution is 5.94. The molecule has 5 heteroatoms. The second-order valence-corrected chi connectivity index (χ2v) is 7.04. The van der Waals surface area contributed by atoms with Gasteiger partial charge in [0.25, 0.3) is 5.91 Å². The van der Waals surface area contributed by atoms with Gasteiger partial charge in [0.05, 0.1) is 6.54 Å². The van der Waals surface area contributed by atoms with Gasteiger partial charge in [0.1, 0.15) is 11.5 Å². The lowest BCUT2D eigenvalue weighted by atomic mass is 10.0. The van der Waals surface area contributed by atoms with Crippen LogP contribution >= 0.6 is 0 Å². The van der Waals surface area contributed by atoms with Crippen LogP contribution in [0, 0.1) is 19.7 Å². The molecule has 2 aromatic carbocycles. The molecule has 0 N–H and O–H groups in total. The number of hydrogen-bond donors (Lipinski definition) is 0. The molecule has 0 aliphatic heterocycles. The van der Waals surface area contributed by atoms with Crippen molar-refractivity contribution in [3.05, 3.63) is 76.7 Å². The van der Waals surface area contributed by atoms with E-state index in [0.717, 1.165) is 16.7 Å². The summed E-state index contributed by atoms with van der Waals surface area (Å²) < 4.78 is 19.0. The first-order chi connectivity index (χ1) is 12.8. The molecule has 140 valence electrons. The van der Waals surface area contributed by atoms with Gasteiger partial charge < -0.3 is 9.42 Å². The normalized spacial score (nSPS) is 11.0. The fourth-order valence-corrected chi connectivity index (χ4v) is 2.97. The van der Waals surface area contributed by atoms with Crippen LogP contribution in [0.5, 0.6) is 0 Å². The summed E-state index contributed by atoms with van der Waals surface area (Å²) in [6.45, 7) is 8.18. The number of amides is 1. The van der Waals surface area contributed by atoms with Crippen LogP contribution in [0.3, 0.4) is 0 Å². The zero-order valence-electron chi connectivity index (χ0n) is 16.0. The van der Waals surface area contributed by atoms with Crippen molar-refractivity contribution in [3.63, 3.8) is 0 Å². The first-order valence-electron chi connectivity index (χ1n) is 8.95. The number of hydrogen-bond acceptors (Lipinski definition) is 3. The van der Waals surface area contributed by atoms with Crippen molar-refractivity contribution in [2.75, 3.05) is 0 Å². The third kappa shape index (κ3) is 4.25. The summed E-state index contributed by atoms with van der Waals surface area (Å²) in [5, 5.41) is 4.14. The second-order valence-electron chi connectivity index (χ2n) is 7.04. The van der Waals surface area contributed by atoms with Crippen molar-refractivity contribution in [1.82, 2.24) is 10.1 Å². The van der Waals surface area contributed by atoms with E-state index in [2.05, 4.69) is 11.2 Å². The van der Waals surface area contributed by atoms with Gasteiger partial charge in [-0.25, -0.2) is 4.39 Å². The summed E-state index contributed by atoms with van der Waals surface area (Å²) in [6.07, 6.45) is 0. The van der Waals surface area contributed by atoms with Crippen LogP contribution in [0.4, 0.5) is 4.39 Å². The number of carbonyl (C=O) groups is 1. The Labute approximate surface area is 158 Å². The molecule has 3 aromatic rings. The predicted molar refractivity (Wildman–Crippen MR) is 103 cm³/mol. The summed E-state index contributed by atoms with van der Waals surface area (Å²) in [6, 6.07) is 13.7. The number of aromatic nitrogens is 1. The summed E-state index contributed by atoms with van der Waals surface area (Å²) in [5.41, 5.74) is 4.20. The van der Waals surface area contributed by atoms with E-state index in [-0.39, 0.29) is 11.9 Å². The second kappa shape index (κ2) is 7.74. The van der Waals surface area contributed by atoms with Gasteiger partial charge in [-0.05, 0) is 57.5 Å². The molecule has 4 nitrogen and oxygen atoms in total. The average molecular weight is 366 g/mol. The number of nitrogens with zero attached hydrogens (tertiary/aromatic N) is 2. The Morgan fingerprint density at radius 2 is 1.93 bits per heavy atom. The summed E-state index contributed by atoms with van der Waals surface area (Å²) >= 11 is 0. The summed E-state index contributed by atoms with van der Waals surface area (Å²) in [5.74, 6) is 0.0112. The third-order valence-corrected chi connectivity index (χ3v) is 4.51. The van der Waals surface area contributed by atoms with Crippen molar-refractivity contribution in [2.45, 2.75) is 40.3 Å². The standard InChI is InChI=1S/C22H23FN2O2/c1-14(2)25(22(26)17-6-5-7-18(23)11-17)13-19-12-21(27-24-19)20-10-15(3)8-9-16(20)4/h5-12,14H,13H2,1-4H3. The van der Waals surface area contributed by atoms with Gasteiger partial charge in [-0.1, -0.05) is 28.9 Å². The maximum absolute atomic E-state index is 13.5. The number of rotatable bonds is 5. The van der Waals surface area contributed by atoms with E-state index in [1.807, 2.05) is 45.9 Å². The number of halogens is 1. The fourth-order valence-electron chi connectivity index (χ4n) is 2.97. The average Bonchev–Trinajstić information content (AvgIpc) is 3.09. The van der Waals surface area contributed by atoms with Gasteiger partial charge in [-0.2, -0.15) is 0 Å². The van der Waals surface area contributed by atoms with E-state index in [1.54, 1.807) is 11.0 Å². The quantitative estimate of drug-likeness (QED) is 0.627. The van der Waals surface area contributed by atoms with Crippen LogP contribution < -0.4 is 0 Å². The SMILES string of the molecule is Cc1ccc(C)c(-c2cc(CN(C(=O)c3cccc(F)c3)C(C)C)no2)c1. The molecule has 0 bridgehead atoms. The summed E-state index contributed by atoms with van der Waals surface area (Å²) in [4.78, 5) is 14.5. The molecule has 1 aromatic heterocycles. The Morgan fingerprint density at radius 3 is 2.63 bits per heavy atom. The highest BCUT2D eigenvalue weighted by Crippen LogP contribution is 2.26. The molecule has 0 atom stereocenters. The van der Waals surface area contributed by atoms with Crippen molar-refractivity contribution < 1.29 is 13.7 Å². The maximum Gasteiger partial charge on any atom is 0.254 e. The molecule has 0 radical (unpaired) electrons. The van der Waals surface area contributed by atoms with Gasteiger partial charge in [0.2, 0.25) is 0 Å². The van der Waals surface area contributed by atoms with E-state index >= 15 is 0 Å². The van der Waals surface area contributed by atoms with Crippen LogP contribution in [-0.4, -0.2) is 22.0 Å². The molecule has 27 heavy (non-hydrogen) atoms. The van der Waals surface area contributed by atoms with Crippen molar-refractivity contribution in [2.24, 2.45) is 0 Å². The van der Waals surface area contributed by atoms with Crippen LogP contribution in [0.1, 0.15) is 41.0 Å². The molecule has 0 saturated carbocycles. The van der Waals surface area contributed by atoms with Crippen molar-refractivity contribution in [1.29, 1.82) is 0 Å². The Bertz CT molecular complexity index is 962. The highest BCUT2D eigenvalue weighted by Gasteiger charge is 2.21. The lowest BCUT2D eigenvalue weighted by molar-refractivity contribution is 0.0685. The van der Waals surface area contributed by atoms with Crippen LogP contribution in [0.2, 0.25) is 0 Å². The van der Waals surface area contributed by atoms with E-state index in [0.29, 0.717) is 23.6 Å². The largest absolute Gasteiger partial charge is 0.356 e. The van der Waals surface area contributed by atoms with Crippen molar-refractivity contribution >= 4 is 5.91 Å². The first-order valence-corrected chi connectivity index (χ1v) is 8.95. The molecule has 3 rings (SSSR count). The molecule has 0 unspecified atom stereocenters. The zero-order chi connectivity index (χ0) is 19.6. The predicted octanol–water partition coefficient (Wildman–Crippen LogP) is 5.15. The maximum atomic E-state index is 13.5. The Kier molecular flexibility index (Phi) is 5.40. The van der Waals surface area contributed by atoms with Crippen LogP contribution in [0.15, 0.2) is 53.1 Å². The van der Waals surface area contributed by atoms with E-state index in [1.165, 1.54) is 18.2 Å². The molecule has 0 saturated heterocycles. The molecular formula is C22H23FN2O2. The smallest absolute Gasteiger partial charge is 0.254 e. The summed E-state index contributed by atoms with van der Waals surface area (Å²) in [7, 11) is 0. The highest BCUT2D eigenvalue weighted by atomic mass is 19.1. The first kappa shape index (κ1) is 18.8. The Balaban J connectivity index is 1.85. The van der Waals surface area contributed by atoms with Gasteiger partial charge in [0.15, 0.2) is 5.76 Å². The number of carbonyl (C=O) groups excluding carboxylic acids is 1. The van der Waals surface area contributed by atoms with Crippen LogP contribution in [-0.2, 0) is 6.54 Å². The van der Waals surface area contributed by atoms with E-state index in [9.17, 15) is 9.18 Å². The third-order valence-electron chi connectivity index (χ3n) is 4.51. The molecule has 0 aliphatic carbocycles. The van der Waals surface area contributed by atoms with E-state index < -0.39 is 5.82 Å². The molecule has 0 fully saturated rings. The molecule has 1 heterocycles. The molecule has 0 spiro atoms. The van der Waals surface area contributed by atoms with Gasteiger partial charge in [0, 0.05) is 23.2 Å². The molecule has 1 amide bonds. The zero-order valence-corrected chi connectivity index (χ0v) is 16.0. The minimum Gasteiger partial charge on any atom is -0.356 e. The number of benzene rings is 2. The fraction of sp³-hybridized carbons (Fsp3) is 0.273. The van der Waals surface area contributed by atoms with Gasteiger partial charge in [-0.15, -0.1) is 0 Å². The van der Waals surface area contributed by atoms with Gasteiger partial charge in [-0.3, -0.25) is 4.79 Å². The van der Waals surface area contributed by atoms with Crippen molar-refractivity contribution in [3.8, 4) is 11.3 Å².